The molecule has 0 bridgehead atoms. The molecule has 0 aliphatic heterocycles. The van der Waals surface area contributed by atoms with Crippen LogP contribution in [0.3, 0.4) is 0 Å². The summed E-state index contributed by atoms with van der Waals surface area (Å²) < 4.78 is 0. The lowest BCUT2D eigenvalue weighted by atomic mass is 10.1. The molecule has 0 saturated heterocycles. The Bertz CT molecular complexity index is 297. The zero-order chi connectivity index (χ0) is 10.6. The van der Waals surface area contributed by atoms with Crippen molar-refractivity contribution < 1.29 is 4.79 Å². The second-order valence-electron chi connectivity index (χ2n) is 3.44. The Balaban J connectivity index is 2.57. The van der Waals surface area contributed by atoms with Gasteiger partial charge in [0, 0.05) is 14.1 Å². The lowest BCUT2D eigenvalue weighted by Crippen LogP contribution is -2.31. The Kier molecular flexibility index (Phi) is 4.01. The monoisotopic (exact) mass is 209 g/mol. The lowest BCUT2D eigenvalue weighted by Gasteiger charge is -2.15. The average Bonchev–Trinajstić information content (AvgIpc) is 2.18. The molecule has 0 aliphatic carbocycles. The first kappa shape index (κ1) is 11.1. The van der Waals surface area contributed by atoms with Crippen LogP contribution in [0.2, 0.25) is 0 Å². The van der Waals surface area contributed by atoms with Gasteiger partial charge in [-0.1, -0.05) is 30.3 Å². The summed E-state index contributed by atoms with van der Waals surface area (Å²) in [5, 5.41) is -0.243. The topological polar surface area (TPSA) is 20.3 Å². The summed E-state index contributed by atoms with van der Waals surface area (Å²) in [6.07, 6.45) is 0.682. The highest BCUT2D eigenvalue weighted by molar-refractivity contribution is 7.81. The second-order valence-corrected chi connectivity index (χ2v) is 4.06. The number of hydrogen-bond donors (Lipinski definition) is 1. The Morgan fingerprint density at radius 1 is 1.36 bits per heavy atom. The average molecular weight is 209 g/mol. The fraction of sp³-hybridized carbons (Fsp3) is 0.364. The van der Waals surface area contributed by atoms with Crippen molar-refractivity contribution in [1.82, 2.24) is 4.90 Å². The molecule has 1 amide bonds. The van der Waals surface area contributed by atoms with E-state index in [-0.39, 0.29) is 11.2 Å². The molecule has 0 radical (unpaired) electrons. The first-order valence-electron chi connectivity index (χ1n) is 4.54. The predicted molar refractivity (Wildman–Crippen MR) is 61.6 cm³/mol. The van der Waals surface area contributed by atoms with Crippen LogP contribution in [0.5, 0.6) is 0 Å². The van der Waals surface area contributed by atoms with Crippen molar-refractivity contribution in [2.45, 2.75) is 11.7 Å². The smallest absolute Gasteiger partial charge is 0.235 e. The largest absolute Gasteiger partial charge is 0.348 e. The summed E-state index contributed by atoms with van der Waals surface area (Å²) in [6, 6.07) is 9.91. The van der Waals surface area contributed by atoms with Crippen LogP contribution in [-0.4, -0.2) is 30.2 Å². The van der Waals surface area contributed by atoms with Gasteiger partial charge in [0.25, 0.3) is 0 Å². The predicted octanol–water partition coefficient (Wildman–Crippen LogP) is 1.62. The van der Waals surface area contributed by atoms with E-state index in [9.17, 15) is 4.79 Å². The minimum Gasteiger partial charge on any atom is -0.348 e. The van der Waals surface area contributed by atoms with Gasteiger partial charge in [-0.15, -0.1) is 0 Å². The SMILES string of the molecule is CN(C)C(=O)C(S)Cc1ccccc1. The number of rotatable bonds is 3. The number of carbonyl (C=O) groups excluding carboxylic acids is 1. The quantitative estimate of drug-likeness (QED) is 0.750. The van der Waals surface area contributed by atoms with Crippen LogP contribution in [0.25, 0.3) is 0 Å². The van der Waals surface area contributed by atoms with Gasteiger partial charge in [-0.2, -0.15) is 12.6 Å². The highest BCUT2D eigenvalue weighted by Gasteiger charge is 2.15. The zero-order valence-corrected chi connectivity index (χ0v) is 9.37. The van der Waals surface area contributed by atoms with Gasteiger partial charge in [0.05, 0.1) is 5.25 Å². The van der Waals surface area contributed by atoms with Gasteiger partial charge in [0.1, 0.15) is 0 Å². The van der Waals surface area contributed by atoms with Crippen molar-refractivity contribution in [2.24, 2.45) is 0 Å². The molecule has 0 heterocycles. The van der Waals surface area contributed by atoms with E-state index in [1.54, 1.807) is 19.0 Å². The van der Waals surface area contributed by atoms with Gasteiger partial charge in [0.2, 0.25) is 5.91 Å². The summed E-state index contributed by atoms with van der Waals surface area (Å²) in [5.74, 6) is 0.0530. The van der Waals surface area contributed by atoms with Crippen LogP contribution >= 0.6 is 12.6 Å². The van der Waals surface area contributed by atoms with Crippen LogP contribution in [0.4, 0.5) is 0 Å². The number of benzene rings is 1. The van der Waals surface area contributed by atoms with E-state index in [1.807, 2.05) is 30.3 Å². The first-order valence-corrected chi connectivity index (χ1v) is 5.06. The summed E-state index contributed by atoms with van der Waals surface area (Å²) in [4.78, 5) is 13.1. The highest BCUT2D eigenvalue weighted by atomic mass is 32.1. The third-order valence-electron chi connectivity index (χ3n) is 2.00. The Morgan fingerprint density at radius 2 is 1.93 bits per heavy atom. The second kappa shape index (κ2) is 5.05. The number of amides is 1. The van der Waals surface area contributed by atoms with E-state index in [1.165, 1.54) is 0 Å². The number of thiol groups is 1. The molecule has 0 N–H and O–H groups in total. The highest BCUT2D eigenvalue weighted by Crippen LogP contribution is 2.09. The maximum absolute atomic E-state index is 11.5. The van der Waals surface area contributed by atoms with Gasteiger partial charge in [0.15, 0.2) is 0 Å². The summed E-state index contributed by atoms with van der Waals surface area (Å²) in [5.41, 5.74) is 1.14. The molecule has 1 aromatic carbocycles. The van der Waals surface area contributed by atoms with E-state index in [2.05, 4.69) is 12.6 Å². The van der Waals surface area contributed by atoms with Gasteiger partial charge >= 0.3 is 0 Å². The third-order valence-corrected chi connectivity index (χ3v) is 2.40. The minimum absolute atomic E-state index is 0.0530. The molecule has 1 rings (SSSR count). The molecule has 1 unspecified atom stereocenters. The van der Waals surface area contributed by atoms with Gasteiger partial charge in [-0.3, -0.25) is 4.79 Å². The fourth-order valence-corrected chi connectivity index (χ4v) is 1.66. The fourth-order valence-electron chi connectivity index (χ4n) is 1.22. The van der Waals surface area contributed by atoms with Crippen molar-refractivity contribution in [2.75, 3.05) is 14.1 Å². The molecule has 2 nitrogen and oxygen atoms in total. The summed E-state index contributed by atoms with van der Waals surface area (Å²) in [6.45, 7) is 0. The molecule has 0 fully saturated rings. The molecule has 0 aliphatic rings. The standard InChI is InChI=1S/C11H15NOS/c1-12(2)11(13)10(14)8-9-6-4-3-5-7-9/h3-7,10,14H,8H2,1-2H3. The van der Waals surface area contributed by atoms with Crippen molar-refractivity contribution in [3.8, 4) is 0 Å². The Labute approximate surface area is 90.3 Å². The Morgan fingerprint density at radius 3 is 2.43 bits per heavy atom. The molecule has 76 valence electrons. The van der Waals surface area contributed by atoms with Crippen molar-refractivity contribution in [3.63, 3.8) is 0 Å². The van der Waals surface area contributed by atoms with Gasteiger partial charge in [-0.25, -0.2) is 0 Å². The summed E-state index contributed by atoms with van der Waals surface area (Å²) in [7, 11) is 3.49. The van der Waals surface area contributed by atoms with E-state index >= 15 is 0 Å². The van der Waals surface area contributed by atoms with Gasteiger partial charge in [-0.05, 0) is 12.0 Å². The molecule has 1 atom stereocenters. The van der Waals surface area contributed by atoms with E-state index < -0.39 is 0 Å². The normalized spacial score (nSPS) is 12.2. The van der Waals surface area contributed by atoms with Crippen LogP contribution in [-0.2, 0) is 11.2 Å². The lowest BCUT2D eigenvalue weighted by molar-refractivity contribution is -0.128. The van der Waals surface area contributed by atoms with Crippen LogP contribution in [0.15, 0.2) is 30.3 Å². The van der Waals surface area contributed by atoms with Crippen molar-refractivity contribution in [1.29, 1.82) is 0 Å². The molecule has 1 aromatic rings. The van der Waals surface area contributed by atoms with Crippen LogP contribution in [0.1, 0.15) is 5.56 Å². The first-order chi connectivity index (χ1) is 6.61. The molecule has 0 spiro atoms. The van der Waals surface area contributed by atoms with E-state index in [4.69, 9.17) is 0 Å². The van der Waals surface area contributed by atoms with E-state index in [0.29, 0.717) is 6.42 Å². The summed E-state index contributed by atoms with van der Waals surface area (Å²) >= 11 is 4.28. The maximum atomic E-state index is 11.5. The van der Waals surface area contributed by atoms with E-state index in [0.717, 1.165) is 5.56 Å². The molecule has 0 aromatic heterocycles. The number of carbonyl (C=O) groups is 1. The molecule has 14 heavy (non-hydrogen) atoms. The van der Waals surface area contributed by atoms with Crippen molar-refractivity contribution in [3.05, 3.63) is 35.9 Å². The van der Waals surface area contributed by atoms with Crippen molar-refractivity contribution >= 4 is 18.5 Å². The van der Waals surface area contributed by atoms with Gasteiger partial charge < -0.3 is 4.90 Å². The maximum Gasteiger partial charge on any atom is 0.235 e. The molecule has 3 heteroatoms. The van der Waals surface area contributed by atoms with Crippen LogP contribution in [0, 0.1) is 0 Å². The molecular formula is C11H15NOS. The minimum atomic E-state index is -0.243. The zero-order valence-electron chi connectivity index (χ0n) is 8.47. The third kappa shape index (κ3) is 3.07. The molecule has 0 saturated carbocycles. The number of nitrogens with zero attached hydrogens (tertiary/aromatic N) is 1. The molecular weight excluding hydrogens is 194 g/mol. The Hall–Kier alpha value is -0.960. The number of hydrogen-bond acceptors (Lipinski definition) is 2. The van der Waals surface area contributed by atoms with Crippen LogP contribution < -0.4 is 0 Å².